The molecule has 1 saturated heterocycles. The van der Waals surface area contributed by atoms with Crippen molar-refractivity contribution >= 4 is 12.1 Å². The van der Waals surface area contributed by atoms with Gasteiger partial charge in [-0.1, -0.05) is 0 Å². The number of alkyl halides is 3. The molecular weight excluding hydrogens is 317 g/mol. The van der Waals surface area contributed by atoms with Crippen molar-refractivity contribution < 1.29 is 32.6 Å². The van der Waals surface area contributed by atoms with Crippen LogP contribution in [0.3, 0.4) is 0 Å². The summed E-state index contributed by atoms with van der Waals surface area (Å²) in [6.45, 7) is 4.79. The Labute approximate surface area is 132 Å². The van der Waals surface area contributed by atoms with Crippen molar-refractivity contribution in [2.45, 2.75) is 62.9 Å². The Kier molecular flexibility index (Phi) is 4.07. The van der Waals surface area contributed by atoms with Crippen LogP contribution in [0.4, 0.5) is 18.0 Å². The number of nitrogens with one attached hydrogen (secondary N) is 1. The highest BCUT2D eigenvalue weighted by Gasteiger charge is 2.67. The number of nitrogens with zero attached hydrogens (tertiary/aromatic N) is 1. The lowest BCUT2D eigenvalue weighted by Gasteiger charge is -2.51. The second-order valence-corrected chi connectivity index (χ2v) is 7.39. The summed E-state index contributed by atoms with van der Waals surface area (Å²) in [7, 11) is 0. The van der Waals surface area contributed by atoms with E-state index in [0.29, 0.717) is 0 Å². The third kappa shape index (κ3) is 3.88. The number of aliphatic carboxylic acids is 1. The number of ether oxygens (including phenoxy) is 1. The van der Waals surface area contributed by atoms with E-state index < -0.39 is 41.3 Å². The molecule has 0 radical (unpaired) electrons. The van der Waals surface area contributed by atoms with Crippen LogP contribution in [0.25, 0.3) is 0 Å². The topological polar surface area (TPSA) is 78.9 Å². The zero-order valence-electron chi connectivity index (χ0n) is 13.3. The number of rotatable bonds is 4. The first-order valence-corrected chi connectivity index (χ1v) is 7.33. The minimum absolute atomic E-state index is 0.0791. The number of halogens is 3. The summed E-state index contributed by atoms with van der Waals surface area (Å²) in [6.07, 6.45) is -5.74. The number of carbonyl (C=O) groups is 2. The van der Waals surface area contributed by atoms with Crippen molar-refractivity contribution in [3.05, 3.63) is 0 Å². The minimum atomic E-state index is -4.44. The number of amides is 1. The number of likely N-dealkylation sites (tertiary alicyclic amines) is 1. The van der Waals surface area contributed by atoms with E-state index in [2.05, 4.69) is 5.32 Å². The summed E-state index contributed by atoms with van der Waals surface area (Å²) >= 11 is 0. The van der Waals surface area contributed by atoms with E-state index >= 15 is 0 Å². The summed E-state index contributed by atoms with van der Waals surface area (Å²) in [5.41, 5.74) is -4.02. The van der Waals surface area contributed by atoms with Gasteiger partial charge in [-0.25, -0.2) is 4.79 Å². The normalized spacial score (nSPS) is 22.3. The van der Waals surface area contributed by atoms with E-state index in [1.807, 2.05) is 0 Å². The van der Waals surface area contributed by atoms with E-state index in [9.17, 15) is 22.8 Å². The molecule has 0 aromatic heterocycles. The fourth-order valence-corrected chi connectivity index (χ4v) is 2.78. The van der Waals surface area contributed by atoms with Crippen LogP contribution in [0.1, 0.15) is 40.0 Å². The molecule has 0 atom stereocenters. The van der Waals surface area contributed by atoms with Crippen LogP contribution < -0.4 is 5.32 Å². The molecule has 0 unspecified atom stereocenters. The van der Waals surface area contributed by atoms with Crippen molar-refractivity contribution in [1.29, 1.82) is 0 Å². The summed E-state index contributed by atoms with van der Waals surface area (Å²) in [4.78, 5) is 24.1. The Hall–Kier alpha value is -1.51. The maximum atomic E-state index is 13.1. The third-order valence-corrected chi connectivity index (χ3v) is 3.93. The van der Waals surface area contributed by atoms with Crippen molar-refractivity contribution in [2.75, 3.05) is 13.1 Å². The molecular formula is C14H21F3N2O4. The van der Waals surface area contributed by atoms with Crippen LogP contribution >= 0.6 is 0 Å². The molecule has 1 heterocycles. The predicted octanol–water partition coefficient (Wildman–Crippen LogP) is 2.14. The van der Waals surface area contributed by atoms with Gasteiger partial charge in [-0.15, -0.1) is 0 Å². The first-order valence-electron chi connectivity index (χ1n) is 7.33. The van der Waals surface area contributed by atoms with Gasteiger partial charge in [-0.2, -0.15) is 13.2 Å². The zero-order valence-corrected chi connectivity index (χ0v) is 13.3. The Morgan fingerprint density at radius 2 is 1.74 bits per heavy atom. The van der Waals surface area contributed by atoms with E-state index in [1.54, 1.807) is 20.8 Å². The fraction of sp³-hybridized carbons (Fsp3) is 0.857. The van der Waals surface area contributed by atoms with Gasteiger partial charge >= 0.3 is 18.2 Å². The standard InChI is InChI=1S/C14H21F3N2O4/c1-11(2,3)23-10(22)19-7-12(8-19,6-9(20)21)18-13(4-5-13)14(15,16)17/h18H,4-8H2,1-3H3,(H,20,21). The summed E-state index contributed by atoms with van der Waals surface area (Å²) in [5, 5.41) is 11.5. The van der Waals surface area contributed by atoms with Gasteiger partial charge in [0.15, 0.2) is 0 Å². The number of carboxylic acids is 1. The van der Waals surface area contributed by atoms with Crippen molar-refractivity contribution in [3.63, 3.8) is 0 Å². The minimum Gasteiger partial charge on any atom is -0.481 e. The van der Waals surface area contributed by atoms with Crippen LogP contribution in [-0.4, -0.2) is 58.0 Å². The van der Waals surface area contributed by atoms with Gasteiger partial charge in [0.2, 0.25) is 0 Å². The molecule has 1 aliphatic heterocycles. The van der Waals surface area contributed by atoms with Crippen LogP contribution in [-0.2, 0) is 9.53 Å². The Balaban J connectivity index is 2.04. The van der Waals surface area contributed by atoms with Crippen molar-refractivity contribution in [3.8, 4) is 0 Å². The monoisotopic (exact) mass is 338 g/mol. The maximum absolute atomic E-state index is 13.1. The molecule has 0 aromatic carbocycles. The SMILES string of the molecule is CC(C)(C)OC(=O)N1CC(CC(=O)O)(NC2(C(F)(F)F)CC2)C1. The molecule has 1 aliphatic carbocycles. The molecule has 132 valence electrons. The highest BCUT2D eigenvalue weighted by molar-refractivity contribution is 5.73. The number of hydrogen-bond acceptors (Lipinski definition) is 4. The Morgan fingerprint density at radius 1 is 1.22 bits per heavy atom. The van der Waals surface area contributed by atoms with E-state index in [0.717, 1.165) is 0 Å². The van der Waals surface area contributed by atoms with Gasteiger partial charge in [0.25, 0.3) is 0 Å². The van der Waals surface area contributed by atoms with Gasteiger partial charge in [-0.3, -0.25) is 10.1 Å². The van der Waals surface area contributed by atoms with Crippen LogP contribution in [0.15, 0.2) is 0 Å². The number of hydrogen-bond donors (Lipinski definition) is 2. The fourth-order valence-electron chi connectivity index (χ4n) is 2.78. The molecule has 1 saturated carbocycles. The maximum Gasteiger partial charge on any atom is 0.410 e. The molecule has 0 bridgehead atoms. The number of carbonyl (C=O) groups excluding carboxylic acids is 1. The number of carboxylic acid groups (broad SMARTS) is 1. The van der Waals surface area contributed by atoms with Gasteiger partial charge in [-0.05, 0) is 33.6 Å². The van der Waals surface area contributed by atoms with E-state index in [4.69, 9.17) is 9.84 Å². The lowest BCUT2D eigenvalue weighted by molar-refractivity contribution is -0.178. The van der Waals surface area contributed by atoms with Crippen LogP contribution in [0.2, 0.25) is 0 Å². The molecule has 2 aliphatic rings. The molecule has 2 rings (SSSR count). The van der Waals surface area contributed by atoms with E-state index in [1.165, 1.54) is 4.90 Å². The first-order chi connectivity index (χ1) is 10.3. The molecule has 1 amide bonds. The van der Waals surface area contributed by atoms with Crippen molar-refractivity contribution in [1.82, 2.24) is 10.2 Å². The first kappa shape index (κ1) is 17.8. The summed E-state index contributed by atoms with van der Waals surface area (Å²) in [6, 6.07) is 0. The van der Waals surface area contributed by atoms with Gasteiger partial charge in [0.1, 0.15) is 11.1 Å². The third-order valence-electron chi connectivity index (χ3n) is 3.93. The second kappa shape index (κ2) is 5.25. The zero-order chi connectivity index (χ0) is 17.7. The quantitative estimate of drug-likeness (QED) is 0.821. The highest BCUT2D eigenvalue weighted by atomic mass is 19.4. The van der Waals surface area contributed by atoms with Gasteiger partial charge in [0.05, 0.1) is 12.0 Å². The van der Waals surface area contributed by atoms with E-state index in [-0.39, 0.29) is 25.9 Å². The Morgan fingerprint density at radius 3 is 2.09 bits per heavy atom. The van der Waals surface area contributed by atoms with Crippen LogP contribution in [0.5, 0.6) is 0 Å². The average Bonchev–Trinajstić information content (AvgIpc) is 3.01. The lowest BCUT2D eigenvalue weighted by atomic mass is 9.85. The average molecular weight is 338 g/mol. The molecule has 23 heavy (non-hydrogen) atoms. The van der Waals surface area contributed by atoms with Gasteiger partial charge in [0, 0.05) is 13.1 Å². The highest BCUT2D eigenvalue weighted by Crippen LogP contribution is 2.51. The van der Waals surface area contributed by atoms with Crippen LogP contribution in [0, 0.1) is 0 Å². The van der Waals surface area contributed by atoms with Gasteiger partial charge < -0.3 is 14.7 Å². The summed E-state index contributed by atoms with van der Waals surface area (Å²) in [5.74, 6) is -1.21. The smallest absolute Gasteiger partial charge is 0.410 e. The second-order valence-electron chi connectivity index (χ2n) is 7.39. The Bertz CT molecular complexity index is 503. The largest absolute Gasteiger partial charge is 0.481 e. The molecule has 0 spiro atoms. The summed E-state index contributed by atoms with van der Waals surface area (Å²) < 4.78 is 44.4. The lowest BCUT2D eigenvalue weighted by Crippen LogP contribution is -2.74. The van der Waals surface area contributed by atoms with Crippen molar-refractivity contribution in [2.24, 2.45) is 0 Å². The molecule has 9 heteroatoms. The molecule has 2 N–H and O–H groups in total. The molecule has 0 aromatic rings. The molecule has 2 fully saturated rings. The predicted molar refractivity (Wildman–Crippen MR) is 73.9 cm³/mol. The molecule has 6 nitrogen and oxygen atoms in total.